The van der Waals surface area contributed by atoms with Crippen LogP contribution in [0.25, 0.3) is 0 Å². The van der Waals surface area contributed by atoms with Gasteiger partial charge in [-0.15, -0.1) is 0 Å². The Labute approximate surface area is 129 Å². The topological polar surface area (TPSA) is 51.2 Å². The molecule has 0 spiro atoms. The molecule has 1 N–H and O–H groups in total. The Balaban J connectivity index is 2.00. The van der Waals surface area contributed by atoms with E-state index in [9.17, 15) is 4.79 Å². The third kappa shape index (κ3) is 4.20. The molecule has 0 fully saturated rings. The zero-order chi connectivity index (χ0) is 15.4. The lowest BCUT2D eigenvalue weighted by Gasteiger charge is -2.15. The predicted molar refractivity (Wildman–Crippen MR) is 83.9 cm³/mol. The second-order valence-corrected chi connectivity index (χ2v) is 5.23. The fourth-order valence-electron chi connectivity index (χ4n) is 1.79. The molecule has 0 unspecified atom stereocenters. The van der Waals surface area contributed by atoms with E-state index >= 15 is 0 Å². The number of carbonyl (C=O) groups is 1. The quantitative estimate of drug-likeness (QED) is 0.935. The molecule has 1 aromatic carbocycles. The molecule has 2 aromatic rings. The first-order chi connectivity index (χ1) is 9.95. The molecule has 0 saturated heterocycles. The Morgan fingerprint density at radius 1 is 1.29 bits per heavy atom. The maximum absolute atomic E-state index is 12.1. The van der Waals surface area contributed by atoms with E-state index in [4.69, 9.17) is 16.3 Å². The molecule has 110 valence electrons. The van der Waals surface area contributed by atoms with Gasteiger partial charge in [-0.1, -0.05) is 17.7 Å². The monoisotopic (exact) mass is 304 g/mol. The third-order valence-corrected chi connectivity index (χ3v) is 3.38. The summed E-state index contributed by atoms with van der Waals surface area (Å²) >= 11 is 5.96. The van der Waals surface area contributed by atoms with Gasteiger partial charge in [0.25, 0.3) is 5.91 Å². The van der Waals surface area contributed by atoms with Gasteiger partial charge >= 0.3 is 0 Å². The molecule has 0 saturated carbocycles. The number of amides is 1. The van der Waals surface area contributed by atoms with Crippen LogP contribution < -0.4 is 10.1 Å². The summed E-state index contributed by atoms with van der Waals surface area (Å²) in [6, 6.07) is 10.7. The zero-order valence-corrected chi connectivity index (χ0v) is 12.9. The number of hydrogen-bond donors (Lipinski definition) is 1. The van der Waals surface area contributed by atoms with Crippen LogP contribution in [0.4, 0.5) is 5.82 Å². The summed E-state index contributed by atoms with van der Waals surface area (Å²) in [6.07, 6.45) is -0.632. The van der Waals surface area contributed by atoms with Crippen LogP contribution in [0.3, 0.4) is 0 Å². The third-order valence-electron chi connectivity index (χ3n) is 2.95. The number of rotatable bonds is 4. The largest absolute Gasteiger partial charge is 0.481 e. The zero-order valence-electron chi connectivity index (χ0n) is 12.2. The van der Waals surface area contributed by atoms with Gasteiger partial charge in [-0.05, 0) is 56.7 Å². The highest BCUT2D eigenvalue weighted by atomic mass is 35.5. The molecule has 0 radical (unpaired) electrons. The molecule has 4 nitrogen and oxygen atoms in total. The molecule has 0 aliphatic rings. The Bertz CT molecular complexity index is 658. The standard InChI is InChI=1S/C16H17ClN2O2/c1-10-9-13(7-8-14(10)17)21-12(3)16(20)19-15-6-4-5-11(2)18-15/h4-9,12H,1-3H3,(H,18,19,20)/t12-/m1/s1. The number of benzene rings is 1. The van der Waals surface area contributed by atoms with Gasteiger partial charge in [0.05, 0.1) is 0 Å². The number of nitrogens with zero attached hydrogens (tertiary/aromatic N) is 1. The van der Waals surface area contributed by atoms with Crippen molar-refractivity contribution in [2.24, 2.45) is 0 Å². The summed E-state index contributed by atoms with van der Waals surface area (Å²) in [5.74, 6) is 0.875. The van der Waals surface area contributed by atoms with Crippen LogP contribution in [0.1, 0.15) is 18.2 Å². The molecular formula is C16H17ClN2O2. The highest BCUT2D eigenvalue weighted by Crippen LogP contribution is 2.22. The van der Waals surface area contributed by atoms with Crippen molar-refractivity contribution in [3.05, 3.63) is 52.7 Å². The van der Waals surface area contributed by atoms with Gasteiger partial charge in [-0.3, -0.25) is 4.79 Å². The van der Waals surface area contributed by atoms with Crippen molar-refractivity contribution in [1.82, 2.24) is 4.98 Å². The van der Waals surface area contributed by atoms with E-state index in [0.29, 0.717) is 16.6 Å². The van der Waals surface area contributed by atoms with E-state index in [1.165, 1.54) is 0 Å². The minimum absolute atomic E-state index is 0.249. The highest BCUT2D eigenvalue weighted by molar-refractivity contribution is 6.31. The second kappa shape index (κ2) is 6.59. The van der Waals surface area contributed by atoms with E-state index in [-0.39, 0.29) is 5.91 Å². The van der Waals surface area contributed by atoms with Crippen LogP contribution in [-0.4, -0.2) is 17.0 Å². The average molecular weight is 305 g/mol. The first-order valence-corrected chi connectivity index (χ1v) is 7.01. The van der Waals surface area contributed by atoms with E-state index in [1.54, 1.807) is 31.2 Å². The molecule has 1 atom stereocenters. The number of hydrogen-bond acceptors (Lipinski definition) is 3. The van der Waals surface area contributed by atoms with E-state index in [0.717, 1.165) is 11.3 Å². The summed E-state index contributed by atoms with van der Waals surface area (Å²) in [5.41, 5.74) is 1.75. The fourth-order valence-corrected chi connectivity index (χ4v) is 1.91. The molecule has 0 bridgehead atoms. The van der Waals surface area contributed by atoms with Crippen LogP contribution in [0.2, 0.25) is 5.02 Å². The number of pyridine rings is 1. The van der Waals surface area contributed by atoms with Crippen LogP contribution in [-0.2, 0) is 4.79 Å². The van der Waals surface area contributed by atoms with E-state index < -0.39 is 6.10 Å². The Hall–Kier alpha value is -2.07. The number of ether oxygens (including phenoxy) is 1. The summed E-state index contributed by atoms with van der Waals surface area (Å²) in [7, 11) is 0. The highest BCUT2D eigenvalue weighted by Gasteiger charge is 2.15. The van der Waals surface area contributed by atoms with Crippen molar-refractivity contribution in [2.75, 3.05) is 5.32 Å². The number of nitrogens with one attached hydrogen (secondary N) is 1. The smallest absolute Gasteiger partial charge is 0.266 e. The maximum atomic E-state index is 12.1. The Morgan fingerprint density at radius 3 is 2.71 bits per heavy atom. The lowest BCUT2D eigenvalue weighted by molar-refractivity contribution is -0.122. The van der Waals surface area contributed by atoms with Crippen molar-refractivity contribution < 1.29 is 9.53 Å². The summed E-state index contributed by atoms with van der Waals surface area (Å²) < 4.78 is 5.62. The molecule has 21 heavy (non-hydrogen) atoms. The minimum atomic E-state index is -0.632. The van der Waals surface area contributed by atoms with Gasteiger partial charge in [-0.25, -0.2) is 4.98 Å². The SMILES string of the molecule is Cc1cccc(NC(=O)[C@@H](C)Oc2ccc(Cl)c(C)c2)n1. The molecule has 5 heteroatoms. The lowest BCUT2D eigenvalue weighted by Crippen LogP contribution is -2.30. The average Bonchev–Trinajstić information content (AvgIpc) is 2.43. The van der Waals surface area contributed by atoms with Crippen LogP contribution in [0.5, 0.6) is 5.75 Å². The van der Waals surface area contributed by atoms with Crippen molar-refractivity contribution >= 4 is 23.3 Å². The maximum Gasteiger partial charge on any atom is 0.266 e. The molecule has 0 aliphatic heterocycles. The Morgan fingerprint density at radius 2 is 2.05 bits per heavy atom. The first kappa shape index (κ1) is 15.3. The second-order valence-electron chi connectivity index (χ2n) is 4.82. The van der Waals surface area contributed by atoms with Gasteiger partial charge in [-0.2, -0.15) is 0 Å². The summed E-state index contributed by atoms with van der Waals surface area (Å²) in [5, 5.41) is 3.40. The number of aryl methyl sites for hydroxylation is 2. The fraction of sp³-hybridized carbons (Fsp3) is 0.250. The van der Waals surface area contributed by atoms with Crippen molar-refractivity contribution in [3.63, 3.8) is 0 Å². The summed E-state index contributed by atoms with van der Waals surface area (Å²) in [6.45, 7) is 5.44. The summed E-state index contributed by atoms with van der Waals surface area (Å²) in [4.78, 5) is 16.3. The number of halogens is 1. The predicted octanol–water partition coefficient (Wildman–Crippen LogP) is 3.76. The van der Waals surface area contributed by atoms with Crippen LogP contribution in [0, 0.1) is 13.8 Å². The molecule has 0 aliphatic carbocycles. The van der Waals surface area contributed by atoms with E-state index in [1.807, 2.05) is 26.0 Å². The van der Waals surface area contributed by atoms with Crippen molar-refractivity contribution in [1.29, 1.82) is 0 Å². The van der Waals surface area contributed by atoms with Crippen LogP contribution in [0.15, 0.2) is 36.4 Å². The normalized spacial score (nSPS) is 11.8. The molecule has 1 heterocycles. The molecule has 1 amide bonds. The van der Waals surface area contributed by atoms with Gasteiger partial charge in [0.15, 0.2) is 6.10 Å². The Kier molecular flexibility index (Phi) is 4.81. The van der Waals surface area contributed by atoms with Crippen LogP contribution >= 0.6 is 11.6 Å². The molecule has 1 aromatic heterocycles. The number of carbonyl (C=O) groups excluding carboxylic acids is 1. The molecule has 2 rings (SSSR count). The molecular weight excluding hydrogens is 288 g/mol. The van der Waals surface area contributed by atoms with Crippen molar-refractivity contribution in [2.45, 2.75) is 26.9 Å². The van der Waals surface area contributed by atoms with Gasteiger partial charge in [0.2, 0.25) is 0 Å². The van der Waals surface area contributed by atoms with Gasteiger partial charge < -0.3 is 10.1 Å². The van der Waals surface area contributed by atoms with E-state index in [2.05, 4.69) is 10.3 Å². The lowest BCUT2D eigenvalue weighted by atomic mass is 10.2. The minimum Gasteiger partial charge on any atom is -0.481 e. The first-order valence-electron chi connectivity index (χ1n) is 6.63. The van der Waals surface area contributed by atoms with Crippen molar-refractivity contribution in [3.8, 4) is 5.75 Å². The van der Waals surface area contributed by atoms with Gasteiger partial charge in [0, 0.05) is 10.7 Å². The number of anilines is 1. The number of aromatic nitrogens is 1. The van der Waals surface area contributed by atoms with Gasteiger partial charge in [0.1, 0.15) is 11.6 Å².